The Kier molecular flexibility index (Phi) is 4.95. The number of pyridine rings is 2. The Hall–Kier alpha value is -4.59. The van der Waals surface area contributed by atoms with Crippen molar-refractivity contribution in [3.63, 3.8) is 0 Å². The van der Waals surface area contributed by atoms with E-state index in [1.807, 2.05) is 88.2 Å². The molecule has 0 bridgehead atoms. The summed E-state index contributed by atoms with van der Waals surface area (Å²) in [4.78, 5) is 17.6. The fraction of sp³-hybridized carbons (Fsp3) is 0.115. The van der Waals surface area contributed by atoms with Crippen LogP contribution in [0.25, 0.3) is 27.5 Å². The quantitative estimate of drug-likeness (QED) is 0.421. The summed E-state index contributed by atoms with van der Waals surface area (Å²) in [5.41, 5.74) is 4.09. The molecule has 0 aliphatic heterocycles. The lowest BCUT2D eigenvalue weighted by atomic mass is 10.1. The zero-order valence-corrected chi connectivity index (χ0v) is 18.3. The lowest BCUT2D eigenvalue weighted by Gasteiger charge is -2.05. The van der Waals surface area contributed by atoms with Gasteiger partial charge in [0, 0.05) is 36.1 Å². The number of hydrogen-bond donors (Lipinski definition) is 1. The van der Waals surface area contributed by atoms with Crippen LogP contribution in [-0.4, -0.2) is 41.8 Å². The van der Waals surface area contributed by atoms with E-state index in [9.17, 15) is 4.79 Å². The normalized spacial score (nSPS) is 11.4. The van der Waals surface area contributed by atoms with Crippen molar-refractivity contribution in [1.29, 1.82) is 0 Å². The smallest absolute Gasteiger partial charge is 0.272 e. The van der Waals surface area contributed by atoms with Crippen molar-refractivity contribution in [2.75, 3.05) is 6.54 Å². The van der Waals surface area contributed by atoms with Gasteiger partial charge in [-0.2, -0.15) is 5.10 Å². The maximum absolute atomic E-state index is 13.0. The third-order valence-electron chi connectivity index (χ3n) is 5.87. The standard InChI is InChI=1S/C26H21N7O/c34-26(27-13-12-24-30-29-23-11-5-6-14-32(23)24)25-20-8-2-4-10-22(20)33(31-25)17-18-15-19-7-1-3-9-21(19)28-16-18/h1-11,14-16H,12-13,17H2,(H,27,34). The zero-order valence-electron chi connectivity index (χ0n) is 18.3. The van der Waals surface area contributed by atoms with Gasteiger partial charge in [-0.25, -0.2) is 0 Å². The average molecular weight is 448 g/mol. The van der Waals surface area contributed by atoms with Gasteiger partial charge in [-0.3, -0.25) is 18.9 Å². The van der Waals surface area contributed by atoms with Crippen molar-refractivity contribution in [2.24, 2.45) is 0 Å². The Morgan fingerprint density at radius 1 is 0.941 bits per heavy atom. The molecule has 0 spiro atoms. The van der Waals surface area contributed by atoms with Gasteiger partial charge >= 0.3 is 0 Å². The minimum absolute atomic E-state index is 0.208. The van der Waals surface area contributed by atoms with Crippen LogP contribution in [0.5, 0.6) is 0 Å². The van der Waals surface area contributed by atoms with Crippen molar-refractivity contribution >= 4 is 33.4 Å². The third-order valence-corrected chi connectivity index (χ3v) is 5.87. The Labute approximate surface area is 194 Å². The van der Waals surface area contributed by atoms with E-state index in [4.69, 9.17) is 0 Å². The number of carbonyl (C=O) groups excluding carboxylic acids is 1. The molecule has 0 unspecified atom stereocenters. The molecule has 6 rings (SSSR count). The van der Waals surface area contributed by atoms with Crippen LogP contribution in [0.2, 0.25) is 0 Å². The molecule has 4 heterocycles. The number of aromatic nitrogens is 6. The van der Waals surface area contributed by atoms with Crippen molar-refractivity contribution < 1.29 is 4.79 Å². The van der Waals surface area contributed by atoms with Crippen LogP contribution < -0.4 is 5.32 Å². The first-order chi connectivity index (χ1) is 16.8. The molecule has 0 fully saturated rings. The van der Waals surface area contributed by atoms with Crippen LogP contribution in [0.4, 0.5) is 0 Å². The molecule has 0 radical (unpaired) electrons. The van der Waals surface area contributed by atoms with E-state index < -0.39 is 0 Å². The molecule has 8 nitrogen and oxygen atoms in total. The minimum atomic E-state index is -0.208. The predicted octanol–water partition coefficient (Wildman–Crippen LogP) is 3.65. The highest BCUT2D eigenvalue weighted by Gasteiger charge is 2.17. The van der Waals surface area contributed by atoms with Crippen LogP contribution in [0, 0.1) is 0 Å². The summed E-state index contributed by atoms with van der Waals surface area (Å²) in [6.07, 6.45) is 4.35. The lowest BCUT2D eigenvalue weighted by Crippen LogP contribution is -2.27. The van der Waals surface area contributed by atoms with E-state index in [1.54, 1.807) is 0 Å². The van der Waals surface area contributed by atoms with Gasteiger partial charge in [-0.05, 0) is 35.9 Å². The highest BCUT2D eigenvalue weighted by atomic mass is 16.1. The van der Waals surface area contributed by atoms with Crippen LogP contribution in [0.1, 0.15) is 21.9 Å². The molecule has 0 aliphatic carbocycles. The topological polar surface area (TPSA) is 90.0 Å². The summed E-state index contributed by atoms with van der Waals surface area (Å²) in [5.74, 6) is 0.593. The van der Waals surface area contributed by atoms with Gasteiger partial charge in [0.1, 0.15) is 5.82 Å². The van der Waals surface area contributed by atoms with Crippen molar-refractivity contribution in [2.45, 2.75) is 13.0 Å². The fourth-order valence-electron chi connectivity index (χ4n) is 4.22. The zero-order chi connectivity index (χ0) is 22.9. The number of nitrogens with one attached hydrogen (secondary N) is 1. The first-order valence-electron chi connectivity index (χ1n) is 11.1. The molecule has 166 valence electrons. The first kappa shape index (κ1) is 20.0. The Morgan fingerprint density at radius 2 is 1.79 bits per heavy atom. The minimum Gasteiger partial charge on any atom is -0.350 e. The second-order valence-corrected chi connectivity index (χ2v) is 8.11. The third kappa shape index (κ3) is 3.65. The van der Waals surface area contributed by atoms with Crippen LogP contribution in [0.3, 0.4) is 0 Å². The van der Waals surface area contributed by atoms with Gasteiger partial charge in [0.05, 0.1) is 17.6 Å². The number of carbonyl (C=O) groups is 1. The van der Waals surface area contributed by atoms with Crippen LogP contribution in [-0.2, 0) is 13.0 Å². The molecule has 0 saturated carbocycles. The van der Waals surface area contributed by atoms with Crippen LogP contribution in [0.15, 0.2) is 85.2 Å². The maximum atomic E-state index is 13.0. The summed E-state index contributed by atoms with van der Waals surface area (Å²) in [5, 5.41) is 17.9. The molecule has 0 aliphatic rings. The largest absolute Gasteiger partial charge is 0.350 e. The molecule has 4 aromatic heterocycles. The Balaban J connectivity index is 1.23. The molecule has 8 heteroatoms. The Morgan fingerprint density at radius 3 is 2.76 bits per heavy atom. The molecule has 34 heavy (non-hydrogen) atoms. The summed E-state index contributed by atoms with van der Waals surface area (Å²) < 4.78 is 3.79. The molecule has 2 aromatic carbocycles. The van der Waals surface area contributed by atoms with E-state index in [2.05, 4.69) is 31.7 Å². The summed E-state index contributed by atoms with van der Waals surface area (Å²) in [6, 6.07) is 23.7. The van der Waals surface area contributed by atoms with Gasteiger partial charge in [-0.1, -0.05) is 42.5 Å². The number of benzene rings is 2. The molecular formula is C26H21N7O. The second kappa shape index (κ2) is 8.40. The molecule has 1 amide bonds. The lowest BCUT2D eigenvalue weighted by molar-refractivity contribution is 0.0949. The highest BCUT2D eigenvalue weighted by Crippen LogP contribution is 2.21. The number of fused-ring (bicyclic) bond motifs is 3. The van der Waals surface area contributed by atoms with Crippen molar-refractivity contribution in [3.05, 3.63) is 102 Å². The Bertz CT molecular complexity index is 1650. The number of amides is 1. The van der Waals surface area contributed by atoms with E-state index in [0.29, 0.717) is 25.2 Å². The van der Waals surface area contributed by atoms with Crippen molar-refractivity contribution in [3.8, 4) is 0 Å². The van der Waals surface area contributed by atoms with E-state index in [0.717, 1.165) is 38.8 Å². The van der Waals surface area contributed by atoms with Gasteiger partial charge in [-0.15, -0.1) is 10.2 Å². The van der Waals surface area contributed by atoms with Crippen molar-refractivity contribution in [1.82, 2.24) is 34.7 Å². The van der Waals surface area contributed by atoms with Gasteiger partial charge in [0.15, 0.2) is 11.3 Å². The first-order valence-corrected chi connectivity index (χ1v) is 11.1. The predicted molar refractivity (Wildman–Crippen MR) is 130 cm³/mol. The SMILES string of the molecule is O=C(NCCc1nnc2ccccn12)c1nn(Cc2cnc3ccccc3c2)c2ccccc12. The molecule has 0 saturated heterocycles. The molecular weight excluding hydrogens is 426 g/mol. The highest BCUT2D eigenvalue weighted by molar-refractivity contribution is 6.04. The summed E-state index contributed by atoms with van der Waals surface area (Å²) in [6.45, 7) is 0.960. The van der Waals surface area contributed by atoms with E-state index >= 15 is 0 Å². The number of para-hydroxylation sites is 2. The number of rotatable bonds is 6. The van der Waals surface area contributed by atoms with E-state index in [1.165, 1.54) is 0 Å². The molecule has 0 atom stereocenters. The van der Waals surface area contributed by atoms with Gasteiger partial charge in [0.2, 0.25) is 0 Å². The number of nitrogens with zero attached hydrogens (tertiary/aromatic N) is 6. The van der Waals surface area contributed by atoms with Gasteiger partial charge in [0.25, 0.3) is 5.91 Å². The summed E-state index contributed by atoms with van der Waals surface area (Å²) in [7, 11) is 0. The fourth-order valence-corrected chi connectivity index (χ4v) is 4.22. The number of hydrogen-bond acceptors (Lipinski definition) is 5. The average Bonchev–Trinajstić information content (AvgIpc) is 3.46. The van der Waals surface area contributed by atoms with E-state index in [-0.39, 0.29) is 5.91 Å². The maximum Gasteiger partial charge on any atom is 0.272 e. The summed E-state index contributed by atoms with van der Waals surface area (Å²) >= 11 is 0. The van der Waals surface area contributed by atoms with Crippen LogP contribution >= 0.6 is 0 Å². The molecule has 6 aromatic rings. The van der Waals surface area contributed by atoms with Gasteiger partial charge < -0.3 is 5.32 Å². The molecule has 1 N–H and O–H groups in total. The second-order valence-electron chi connectivity index (χ2n) is 8.11. The monoisotopic (exact) mass is 447 g/mol.